The molecule has 22 heavy (non-hydrogen) atoms. The van der Waals surface area contributed by atoms with E-state index in [-0.39, 0.29) is 0 Å². The lowest BCUT2D eigenvalue weighted by molar-refractivity contribution is 0.656. The van der Waals surface area contributed by atoms with Crippen molar-refractivity contribution in [3.63, 3.8) is 0 Å². The molecule has 3 aromatic rings. The monoisotopic (exact) mass is 289 g/mol. The molecule has 0 aliphatic carbocycles. The standard InChI is InChI=1S/C19H19N3/c1-4-11-22-16-8-7-14-13(2)21(3)12-9-15(14)18(16)19-17(22)6-5-10-20-19/h5-10,12H,2,4,11H2,1,3H3. The molecule has 1 aliphatic rings. The first-order valence-corrected chi connectivity index (χ1v) is 7.72. The van der Waals surface area contributed by atoms with Crippen LogP contribution in [0.15, 0.2) is 43.2 Å². The average Bonchev–Trinajstić information content (AvgIpc) is 2.86. The van der Waals surface area contributed by atoms with Crippen LogP contribution in [0.5, 0.6) is 0 Å². The minimum Gasteiger partial charge on any atom is -0.351 e. The molecule has 0 fully saturated rings. The van der Waals surface area contributed by atoms with Crippen molar-refractivity contribution in [2.24, 2.45) is 0 Å². The number of rotatable bonds is 2. The number of fused-ring (bicyclic) bond motifs is 5. The summed E-state index contributed by atoms with van der Waals surface area (Å²) in [6.45, 7) is 7.43. The van der Waals surface area contributed by atoms with Gasteiger partial charge in [-0.3, -0.25) is 4.98 Å². The molecule has 1 aliphatic heterocycles. The molecular weight excluding hydrogens is 270 g/mol. The zero-order valence-corrected chi connectivity index (χ0v) is 13.0. The van der Waals surface area contributed by atoms with E-state index >= 15 is 0 Å². The normalized spacial score (nSPS) is 14.1. The maximum atomic E-state index is 4.67. The average molecular weight is 289 g/mol. The van der Waals surface area contributed by atoms with Crippen molar-refractivity contribution in [3.05, 3.63) is 54.4 Å². The van der Waals surface area contributed by atoms with Crippen molar-refractivity contribution in [2.75, 3.05) is 7.05 Å². The molecule has 1 aromatic carbocycles. The highest BCUT2D eigenvalue weighted by molar-refractivity contribution is 6.11. The molecule has 0 unspecified atom stereocenters. The smallest absolute Gasteiger partial charge is 0.0966 e. The van der Waals surface area contributed by atoms with Crippen molar-refractivity contribution in [3.8, 4) is 0 Å². The van der Waals surface area contributed by atoms with Gasteiger partial charge in [-0.25, -0.2) is 0 Å². The molecule has 2 aromatic heterocycles. The zero-order chi connectivity index (χ0) is 15.3. The highest BCUT2D eigenvalue weighted by Gasteiger charge is 2.20. The van der Waals surface area contributed by atoms with Gasteiger partial charge in [0.15, 0.2) is 0 Å². The summed E-state index contributed by atoms with van der Waals surface area (Å²) in [5.74, 6) is 0. The molecule has 0 spiro atoms. The van der Waals surface area contributed by atoms with E-state index in [1.807, 2.05) is 19.3 Å². The molecule has 0 N–H and O–H groups in total. The molecule has 4 rings (SSSR count). The summed E-state index contributed by atoms with van der Waals surface area (Å²) in [7, 11) is 2.03. The molecule has 0 radical (unpaired) electrons. The maximum absolute atomic E-state index is 4.67. The Morgan fingerprint density at radius 1 is 1.18 bits per heavy atom. The Hall–Kier alpha value is -2.55. The van der Waals surface area contributed by atoms with Crippen LogP contribution in [-0.4, -0.2) is 21.5 Å². The third kappa shape index (κ3) is 1.65. The van der Waals surface area contributed by atoms with Crippen LogP contribution in [0.1, 0.15) is 24.5 Å². The predicted octanol–water partition coefficient (Wildman–Crippen LogP) is 4.49. The summed E-state index contributed by atoms with van der Waals surface area (Å²) in [6.07, 6.45) is 7.24. The van der Waals surface area contributed by atoms with Crippen molar-refractivity contribution in [1.82, 2.24) is 14.5 Å². The van der Waals surface area contributed by atoms with Crippen molar-refractivity contribution >= 4 is 33.7 Å². The largest absolute Gasteiger partial charge is 0.351 e. The zero-order valence-electron chi connectivity index (χ0n) is 13.0. The number of hydrogen-bond acceptors (Lipinski definition) is 2. The fourth-order valence-corrected chi connectivity index (χ4v) is 3.37. The Labute approximate surface area is 130 Å². The SMILES string of the molecule is C=C1c2ccc3c(c2C=CN1C)c1ncccc1n3CCC. The van der Waals surface area contributed by atoms with Gasteiger partial charge < -0.3 is 9.47 Å². The summed E-state index contributed by atoms with van der Waals surface area (Å²) in [4.78, 5) is 6.73. The van der Waals surface area contributed by atoms with Crippen LogP contribution >= 0.6 is 0 Å². The fourth-order valence-electron chi connectivity index (χ4n) is 3.37. The van der Waals surface area contributed by atoms with Crippen molar-refractivity contribution in [1.29, 1.82) is 0 Å². The van der Waals surface area contributed by atoms with Gasteiger partial charge in [-0.05, 0) is 36.3 Å². The highest BCUT2D eigenvalue weighted by Crippen LogP contribution is 2.37. The van der Waals surface area contributed by atoms with E-state index in [0.717, 1.165) is 24.2 Å². The predicted molar refractivity (Wildman–Crippen MR) is 93.4 cm³/mol. The van der Waals surface area contributed by atoms with E-state index in [2.05, 4.69) is 58.4 Å². The van der Waals surface area contributed by atoms with Crippen LogP contribution in [0.2, 0.25) is 0 Å². The molecule has 0 saturated heterocycles. The van der Waals surface area contributed by atoms with Gasteiger partial charge in [0.25, 0.3) is 0 Å². The number of hydrogen-bond donors (Lipinski definition) is 0. The topological polar surface area (TPSA) is 21.1 Å². The van der Waals surface area contributed by atoms with Crippen LogP contribution in [-0.2, 0) is 6.54 Å². The van der Waals surface area contributed by atoms with Gasteiger partial charge in [-0.15, -0.1) is 0 Å². The Morgan fingerprint density at radius 3 is 2.86 bits per heavy atom. The van der Waals surface area contributed by atoms with Gasteiger partial charge in [-0.2, -0.15) is 0 Å². The number of nitrogens with zero attached hydrogens (tertiary/aromatic N) is 3. The van der Waals surface area contributed by atoms with Crippen molar-refractivity contribution in [2.45, 2.75) is 19.9 Å². The van der Waals surface area contributed by atoms with Crippen LogP contribution in [0.4, 0.5) is 0 Å². The Balaban J connectivity index is 2.17. The second-order valence-electron chi connectivity index (χ2n) is 5.82. The Morgan fingerprint density at radius 2 is 2.05 bits per heavy atom. The third-order valence-corrected chi connectivity index (χ3v) is 4.48. The van der Waals surface area contributed by atoms with E-state index in [1.54, 1.807) is 0 Å². The fraction of sp³-hybridized carbons (Fsp3) is 0.211. The lowest BCUT2D eigenvalue weighted by Gasteiger charge is -2.24. The quantitative estimate of drug-likeness (QED) is 0.693. The van der Waals surface area contributed by atoms with Gasteiger partial charge >= 0.3 is 0 Å². The molecule has 110 valence electrons. The molecule has 0 amide bonds. The molecular formula is C19H19N3. The first-order valence-electron chi connectivity index (χ1n) is 7.72. The molecule has 0 saturated carbocycles. The molecule has 3 heterocycles. The summed E-state index contributed by atoms with van der Waals surface area (Å²) >= 11 is 0. The second kappa shape index (κ2) is 4.73. The summed E-state index contributed by atoms with van der Waals surface area (Å²) < 4.78 is 2.38. The van der Waals surface area contributed by atoms with Gasteiger partial charge in [0, 0.05) is 42.6 Å². The van der Waals surface area contributed by atoms with Crippen LogP contribution in [0.3, 0.4) is 0 Å². The third-order valence-electron chi connectivity index (χ3n) is 4.48. The van der Waals surface area contributed by atoms with Crippen LogP contribution < -0.4 is 0 Å². The van der Waals surface area contributed by atoms with Crippen molar-refractivity contribution < 1.29 is 0 Å². The van der Waals surface area contributed by atoms with E-state index in [4.69, 9.17) is 0 Å². The number of benzene rings is 1. The molecule has 3 nitrogen and oxygen atoms in total. The Bertz CT molecular complexity index is 931. The number of aryl methyl sites for hydroxylation is 1. The minimum atomic E-state index is 1.01. The molecule has 0 atom stereocenters. The van der Waals surface area contributed by atoms with E-state index in [9.17, 15) is 0 Å². The van der Waals surface area contributed by atoms with E-state index < -0.39 is 0 Å². The van der Waals surface area contributed by atoms with Crippen LogP contribution in [0.25, 0.3) is 33.7 Å². The summed E-state index contributed by atoms with van der Waals surface area (Å²) in [6, 6.07) is 8.58. The first-order chi connectivity index (χ1) is 10.7. The van der Waals surface area contributed by atoms with Gasteiger partial charge in [0.1, 0.15) is 0 Å². The van der Waals surface area contributed by atoms with Gasteiger partial charge in [0.05, 0.1) is 16.6 Å². The van der Waals surface area contributed by atoms with Gasteiger partial charge in [0.2, 0.25) is 0 Å². The Kier molecular flexibility index (Phi) is 2.83. The second-order valence-corrected chi connectivity index (χ2v) is 5.82. The van der Waals surface area contributed by atoms with E-state index in [0.29, 0.717) is 0 Å². The number of pyridine rings is 1. The summed E-state index contributed by atoms with van der Waals surface area (Å²) in [5.41, 5.74) is 7.02. The minimum absolute atomic E-state index is 1.01. The maximum Gasteiger partial charge on any atom is 0.0966 e. The summed E-state index contributed by atoms with van der Waals surface area (Å²) in [5, 5.41) is 1.24. The number of aromatic nitrogens is 2. The van der Waals surface area contributed by atoms with E-state index in [1.165, 1.54) is 27.5 Å². The highest BCUT2D eigenvalue weighted by atomic mass is 15.1. The molecule has 3 heteroatoms. The van der Waals surface area contributed by atoms with Gasteiger partial charge in [-0.1, -0.05) is 19.6 Å². The van der Waals surface area contributed by atoms with Crippen LogP contribution in [0, 0.1) is 0 Å². The lowest BCUT2D eigenvalue weighted by Crippen LogP contribution is -2.12. The first kappa shape index (κ1) is 13.1. The molecule has 0 bridgehead atoms. The lowest BCUT2D eigenvalue weighted by atomic mass is 9.97.